The normalized spacial score (nSPS) is 16.8. The van der Waals surface area contributed by atoms with E-state index in [9.17, 15) is 14.9 Å². The van der Waals surface area contributed by atoms with E-state index >= 15 is 0 Å². The second-order valence-electron chi connectivity index (χ2n) is 7.34. The van der Waals surface area contributed by atoms with Crippen molar-refractivity contribution in [3.63, 3.8) is 0 Å². The number of thioether (sulfide) groups is 1. The van der Waals surface area contributed by atoms with E-state index in [4.69, 9.17) is 23.2 Å². The van der Waals surface area contributed by atoms with Gasteiger partial charge in [-0.25, -0.2) is 0 Å². The molecule has 1 saturated heterocycles. The van der Waals surface area contributed by atoms with Gasteiger partial charge in [0.25, 0.3) is 5.91 Å². The van der Waals surface area contributed by atoms with E-state index in [1.807, 2.05) is 18.2 Å². The van der Waals surface area contributed by atoms with Crippen LogP contribution in [0.4, 0.5) is 11.4 Å². The third-order valence-electron chi connectivity index (χ3n) is 5.00. The summed E-state index contributed by atoms with van der Waals surface area (Å²) in [6, 6.07) is 23.0. The molecule has 170 valence electrons. The zero-order valence-electron chi connectivity index (χ0n) is 17.5. The van der Waals surface area contributed by atoms with Gasteiger partial charge >= 0.3 is 0 Å². The van der Waals surface area contributed by atoms with Gasteiger partial charge < -0.3 is 5.32 Å². The van der Waals surface area contributed by atoms with Crippen LogP contribution >= 0.6 is 50.9 Å². The molecule has 2 amide bonds. The Kier molecular flexibility index (Phi) is 7.64. The van der Waals surface area contributed by atoms with E-state index in [1.165, 1.54) is 16.7 Å². The lowest BCUT2D eigenvalue weighted by Crippen LogP contribution is -2.30. The molecule has 1 aliphatic heterocycles. The van der Waals surface area contributed by atoms with Crippen LogP contribution in [0.15, 0.2) is 87.9 Å². The molecule has 1 aliphatic rings. The average molecular weight is 573 g/mol. The van der Waals surface area contributed by atoms with Crippen molar-refractivity contribution in [3.8, 4) is 6.07 Å². The number of anilines is 2. The van der Waals surface area contributed by atoms with Crippen LogP contribution in [-0.4, -0.2) is 17.1 Å². The predicted octanol–water partition coefficient (Wildman–Crippen LogP) is 6.82. The smallest absolute Gasteiger partial charge is 0.269 e. The van der Waals surface area contributed by atoms with Crippen molar-refractivity contribution in [1.29, 1.82) is 5.26 Å². The van der Waals surface area contributed by atoms with E-state index in [-0.39, 0.29) is 16.5 Å². The summed E-state index contributed by atoms with van der Waals surface area (Å²) in [7, 11) is 0. The number of hydrogen-bond acceptors (Lipinski definition) is 4. The van der Waals surface area contributed by atoms with Crippen LogP contribution < -0.4 is 10.2 Å². The number of hydrogen-bond donors (Lipinski definition) is 1. The van der Waals surface area contributed by atoms with Gasteiger partial charge in [-0.2, -0.15) is 5.26 Å². The van der Waals surface area contributed by atoms with Crippen molar-refractivity contribution in [2.75, 3.05) is 10.2 Å². The number of benzene rings is 3. The molecule has 0 aliphatic carbocycles. The molecule has 0 spiro atoms. The maximum absolute atomic E-state index is 13.5. The number of nitriles is 1. The van der Waals surface area contributed by atoms with Crippen LogP contribution in [0.2, 0.25) is 10.0 Å². The summed E-state index contributed by atoms with van der Waals surface area (Å²) in [6.45, 7) is 0. The van der Waals surface area contributed by atoms with Crippen molar-refractivity contribution in [2.45, 2.75) is 11.7 Å². The zero-order chi connectivity index (χ0) is 24.2. The third kappa shape index (κ3) is 5.48. The summed E-state index contributed by atoms with van der Waals surface area (Å²) >= 11 is 16.6. The summed E-state index contributed by atoms with van der Waals surface area (Å²) in [5.74, 6) is -0.819. The first kappa shape index (κ1) is 24.4. The minimum absolute atomic E-state index is 0.148. The fourth-order valence-corrected chi connectivity index (χ4v) is 5.33. The highest BCUT2D eigenvalue weighted by molar-refractivity contribution is 9.10. The number of carbonyl (C=O) groups is 2. The number of rotatable bonds is 5. The summed E-state index contributed by atoms with van der Waals surface area (Å²) in [6.07, 6.45) is 0.401. The molecule has 5 nitrogen and oxygen atoms in total. The van der Waals surface area contributed by atoms with E-state index < -0.39 is 11.2 Å². The molecule has 3 aromatic carbocycles. The van der Waals surface area contributed by atoms with Gasteiger partial charge in [-0.3, -0.25) is 14.5 Å². The van der Waals surface area contributed by atoms with Crippen LogP contribution in [0.5, 0.6) is 0 Å². The fraction of sp³-hybridized carbons (Fsp3) is 0.0800. The molecule has 1 N–H and O–H groups in total. The molecule has 1 heterocycles. The van der Waals surface area contributed by atoms with Gasteiger partial charge in [0.15, 0.2) is 0 Å². The maximum atomic E-state index is 13.5. The molecular weight excluding hydrogens is 557 g/mol. The highest BCUT2D eigenvalue weighted by Crippen LogP contribution is 2.42. The molecule has 9 heteroatoms. The molecule has 34 heavy (non-hydrogen) atoms. The highest BCUT2D eigenvalue weighted by Gasteiger charge is 2.40. The van der Waals surface area contributed by atoms with Gasteiger partial charge in [0.1, 0.15) is 16.7 Å². The van der Waals surface area contributed by atoms with Crippen LogP contribution in [-0.2, 0) is 16.0 Å². The predicted molar refractivity (Wildman–Crippen MR) is 141 cm³/mol. The van der Waals surface area contributed by atoms with Crippen LogP contribution in [0.25, 0.3) is 0 Å². The van der Waals surface area contributed by atoms with Crippen molar-refractivity contribution < 1.29 is 9.59 Å². The molecule has 0 aromatic heterocycles. The number of nitrogens with one attached hydrogen (secondary N) is 1. The average Bonchev–Trinajstić information content (AvgIpc) is 3.12. The number of halogens is 3. The Morgan fingerprint density at radius 1 is 1.06 bits per heavy atom. The van der Waals surface area contributed by atoms with Gasteiger partial charge in [-0.1, -0.05) is 63.0 Å². The molecular formula is C25H16BrCl2N3O2S. The first-order valence-electron chi connectivity index (χ1n) is 10.1. The molecule has 4 rings (SSSR count). The minimum atomic E-state index is -0.606. The quantitative estimate of drug-likeness (QED) is 0.269. The summed E-state index contributed by atoms with van der Waals surface area (Å²) < 4.78 is 0.845. The molecule has 1 unspecified atom stereocenters. The summed E-state index contributed by atoms with van der Waals surface area (Å²) in [4.78, 5) is 28.0. The fourth-order valence-electron chi connectivity index (χ4n) is 3.42. The molecule has 1 fully saturated rings. The van der Waals surface area contributed by atoms with Gasteiger partial charge in [0.2, 0.25) is 5.91 Å². The van der Waals surface area contributed by atoms with Crippen LogP contribution in [0, 0.1) is 11.3 Å². The first-order chi connectivity index (χ1) is 16.4. The number of nitrogens with zero attached hydrogens (tertiary/aromatic N) is 2. The molecule has 0 radical (unpaired) electrons. The first-order valence-corrected chi connectivity index (χ1v) is 12.5. The Morgan fingerprint density at radius 2 is 1.76 bits per heavy atom. The van der Waals surface area contributed by atoms with Crippen LogP contribution in [0.1, 0.15) is 5.56 Å². The topological polar surface area (TPSA) is 73.2 Å². The Labute approximate surface area is 219 Å². The molecule has 0 saturated carbocycles. The number of amides is 2. The third-order valence-corrected chi connectivity index (χ3v) is 7.28. The van der Waals surface area contributed by atoms with Gasteiger partial charge in [-0.15, -0.1) is 0 Å². The molecule has 0 bridgehead atoms. The second-order valence-corrected chi connectivity index (χ2v) is 10.3. The Balaban J connectivity index is 1.72. The summed E-state index contributed by atoms with van der Waals surface area (Å²) in [5, 5.41) is 13.5. The Bertz CT molecular complexity index is 1320. The van der Waals surface area contributed by atoms with Gasteiger partial charge in [0.05, 0.1) is 5.25 Å². The standard InChI is InChI=1S/C25H16BrCl2N3O2S/c26-16-4-10-20(11-5-16)31-24(33)22(13-15-2-1-3-18(28)12-15)34-25(31)21(14-29)23(32)30-19-8-6-17(27)7-9-19/h1-12,22H,13H2,(H,30,32)/b25-21-. The SMILES string of the molecule is N#C/C(C(=O)Nc1ccc(Cl)cc1)=C1/SC(Cc2cccc(Cl)c2)C(=O)N1c1ccc(Br)cc1. The van der Waals surface area contributed by atoms with E-state index in [2.05, 4.69) is 21.2 Å². The van der Waals surface area contributed by atoms with Crippen LogP contribution in [0.3, 0.4) is 0 Å². The van der Waals surface area contributed by atoms with Crippen molar-refractivity contribution in [2.24, 2.45) is 0 Å². The Hall–Kier alpha value is -2.76. The summed E-state index contributed by atoms with van der Waals surface area (Å²) in [5.41, 5.74) is 1.79. The van der Waals surface area contributed by atoms with Gasteiger partial charge in [0, 0.05) is 25.9 Å². The Morgan fingerprint density at radius 3 is 2.41 bits per heavy atom. The largest absolute Gasteiger partial charge is 0.321 e. The monoisotopic (exact) mass is 571 g/mol. The molecule has 1 atom stereocenters. The lowest BCUT2D eigenvalue weighted by atomic mass is 10.1. The maximum Gasteiger partial charge on any atom is 0.269 e. The van der Waals surface area contributed by atoms with Gasteiger partial charge in [-0.05, 0) is 72.6 Å². The van der Waals surface area contributed by atoms with E-state index in [0.29, 0.717) is 27.8 Å². The van der Waals surface area contributed by atoms with Crippen molar-refractivity contribution in [3.05, 3.63) is 103 Å². The second kappa shape index (κ2) is 10.7. The lowest BCUT2D eigenvalue weighted by molar-refractivity contribution is -0.117. The van der Waals surface area contributed by atoms with E-state index in [1.54, 1.807) is 60.7 Å². The minimum Gasteiger partial charge on any atom is -0.321 e. The number of carbonyl (C=O) groups excluding carboxylic acids is 2. The lowest BCUT2D eigenvalue weighted by Gasteiger charge is -2.19. The zero-order valence-corrected chi connectivity index (χ0v) is 21.4. The van der Waals surface area contributed by atoms with Crippen molar-refractivity contribution >= 4 is 74.1 Å². The molecule has 3 aromatic rings. The van der Waals surface area contributed by atoms with Crippen molar-refractivity contribution in [1.82, 2.24) is 0 Å². The highest BCUT2D eigenvalue weighted by atomic mass is 79.9. The van der Waals surface area contributed by atoms with E-state index in [0.717, 1.165) is 10.0 Å².